The topological polar surface area (TPSA) is 135 Å². The molecule has 0 saturated heterocycles. The van der Waals surface area contributed by atoms with Gasteiger partial charge in [-0.1, -0.05) is 90.5 Å². The molecule has 2 aromatic heterocycles. The Kier molecular flexibility index (Phi) is 14.4. The van der Waals surface area contributed by atoms with Gasteiger partial charge in [0.05, 0.1) is 19.2 Å². The van der Waals surface area contributed by atoms with Crippen molar-refractivity contribution in [3.05, 3.63) is 110 Å². The highest BCUT2D eigenvalue weighted by Crippen LogP contribution is 2.54. The Morgan fingerprint density at radius 3 is 2.16 bits per heavy atom. The number of fused-ring (bicyclic) bond motifs is 2. The van der Waals surface area contributed by atoms with E-state index in [9.17, 15) is 30.3 Å². The highest BCUT2D eigenvalue weighted by Gasteiger charge is 2.46. The van der Waals surface area contributed by atoms with Crippen molar-refractivity contribution in [2.45, 2.75) is 117 Å². The minimum Gasteiger partial charge on any atom is -0.497 e. The number of methoxy groups -OCH3 is 1. The van der Waals surface area contributed by atoms with Gasteiger partial charge in [-0.2, -0.15) is 10.5 Å². The Bertz CT molecular complexity index is 2420. The number of carboxylic acids is 2. The number of aliphatic carboxylic acids is 2. The van der Waals surface area contributed by atoms with E-state index in [2.05, 4.69) is 99.4 Å². The van der Waals surface area contributed by atoms with Crippen LogP contribution in [-0.2, 0) is 34.3 Å². The quantitative estimate of drug-likeness (QED) is 0.0541. The van der Waals surface area contributed by atoms with Crippen LogP contribution in [0.3, 0.4) is 0 Å². The first-order chi connectivity index (χ1) is 29.3. The van der Waals surface area contributed by atoms with Crippen molar-refractivity contribution in [1.29, 1.82) is 10.5 Å². The summed E-state index contributed by atoms with van der Waals surface area (Å²) in [6, 6.07) is 23.0. The molecule has 0 bridgehead atoms. The van der Waals surface area contributed by atoms with Gasteiger partial charge in [0.2, 0.25) is 0 Å². The summed E-state index contributed by atoms with van der Waals surface area (Å²) < 4.78 is 5.55. The number of nitriles is 2. The molecular weight excluding hydrogens is 799 g/mol. The lowest BCUT2D eigenvalue weighted by atomic mass is 9.64. The van der Waals surface area contributed by atoms with Crippen molar-refractivity contribution in [1.82, 2.24) is 0 Å². The lowest BCUT2D eigenvalue weighted by Gasteiger charge is -2.51. The Hall–Kier alpha value is -5.42. The van der Waals surface area contributed by atoms with E-state index in [0.29, 0.717) is 0 Å². The standard InChI is InChI=1S/C51H57N3O5S2/c1-7-9-11-13-15-33-25-40(27-37(31-52)48(55)56)60-46(33)35-17-23-44-42(28-35)50(3,4)43-29-36(18-24-45(43)54(44)38-19-21-39(59-6)22-20-38)47-34(16-14-12-10-8-2)26-41(61-47)30-51(5,32-53)49(57)58/h17-29,43,45H,7-16,30H2,1-6H3,(H,55,56)(H,57,58)/b37-27+. The average molecular weight is 856 g/mol. The van der Waals surface area contributed by atoms with Crippen LogP contribution in [0.1, 0.15) is 117 Å². The first-order valence-corrected chi connectivity index (χ1v) is 23.1. The largest absolute Gasteiger partial charge is 0.497 e. The lowest BCUT2D eigenvalue weighted by Crippen LogP contribution is -2.50. The molecule has 4 aromatic rings. The maximum Gasteiger partial charge on any atom is 0.346 e. The van der Waals surface area contributed by atoms with E-state index >= 15 is 0 Å². The molecule has 0 spiro atoms. The monoisotopic (exact) mass is 855 g/mol. The highest BCUT2D eigenvalue weighted by molar-refractivity contribution is 7.16. The zero-order valence-electron chi connectivity index (χ0n) is 36.2. The molecule has 0 fully saturated rings. The number of rotatable bonds is 19. The van der Waals surface area contributed by atoms with Gasteiger partial charge in [-0.15, -0.1) is 22.7 Å². The van der Waals surface area contributed by atoms with Gasteiger partial charge in [0.25, 0.3) is 0 Å². The number of unbranched alkanes of at least 4 members (excludes halogenated alkanes) is 6. The van der Waals surface area contributed by atoms with Gasteiger partial charge in [-0.25, -0.2) is 4.79 Å². The second-order valence-electron chi connectivity index (χ2n) is 17.1. The normalized spacial score (nSPS) is 17.7. The molecule has 6 rings (SSSR count). The third kappa shape index (κ3) is 9.72. The Morgan fingerprint density at radius 2 is 1.57 bits per heavy atom. The number of nitrogens with zero attached hydrogens (tertiary/aromatic N) is 3. The van der Waals surface area contributed by atoms with Gasteiger partial charge in [-0.3, -0.25) is 4.79 Å². The zero-order valence-corrected chi connectivity index (χ0v) is 37.8. The van der Waals surface area contributed by atoms with E-state index in [4.69, 9.17) is 4.74 Å². The molecule has 3 atom stereocenters. The van der Waals surface area contributed by atoms with Gasteiger partial charge in [0.1, 0.15) is 17.4 Å². The number of allylic oxidation sites excluding steroid dienone is 2. The van der Waals surface area contributed by atoms with Crippen LogP contribution in [0.2, 0.25) is 0 Å². The molecule has 3 unspecified atom stereocenters. The number of thiophene rings is 2. The van der Waals surface area contributed by atoms with Gasteiger partial charge in [0, 0.05) is 48.6 Å². The van der Waals surface area contributed by atoms with Crippen LogP contribution in [0, 0.1) is 34.0 Å². The third-order valence-corrected chi connectivity index (χ3v) is 14.7. The van der Waals surface area contributed by atoms with E-state index in [1.165, 1.54) is 35.5 Å². The second kappa shape index (κ2) is 19.5. The summed E-state index contributed by atoms with van der Waals surface area (Å²) >= 11 is 3.15. The Labute approximate surface area is 369 Å². The summed E-state index contributed by atoms with van der Waals surface area (Å²) in [5.41, 5.74) is 5.74. The molecular formula is C51H57N3O5S2. The molecule has 318 valence electrons. The highest BCUT2D eigenvalue weighted by atomic mass is 32.1. The molecule has 1 aliphatic heterocycles. The molecule has 2 N–H and O–H groups in total. The maximum atomic E-state index is 12.2. The number of benzene rings is 2. The van der Waals surface area contributed by atoms with Crippen molar-refractivity contribution in [2.24, 2.45) is 11.3 Å². The van der Waals surface area contributed by atoms with Crippen LogP contribution >= 0.6 is 22.7 Å². The van der Waals surface area contributed by atoms with Crippen molar-refractivity contribution in [2.75, 3.05) is 12.0 Å². The average Bonchev–Trinajstić information content (AvgIpc) is 3.86. The first-order valence-electron chi connectivity index (χ1n) is 21.5. The molecule has 2 aromatic carbocycles. The van der Waals surface area contributed by atoms with Crippen LogP contribution in [0.25, 0.3) is 22.1 Å². The van der Waals surface area contributed by atoms with Gasteiger partial charge < -0.3 is 19.8 Å². The van der Waals surface area contributed by atoms with E-state index < -0.39 is 17.4 Å². The molecule has 0 radical (unpaired) electrons. The third-order valence-electron chi connectivity index (χ3n) is 12.3. The fourth-order valence-corrected chi connectivity index (χ4v) is 11.3. The summed E-state index contributed by atoms with van der Waals surface area (Å²) in [5, 5.41) is 39.1. The summed E-state index contributed by atoms with van der Waals surface area (Å²) in [6.45, 7) is 10.6. The zero-order chi connectivity index (χ0) is 43.9. The molecule has 2 aliphatic rings. The SMILES string of the molecule is CCCCCCc1cc(CC(C)(C#N)C(=O)O)sc1C1=CC2C(C=C1)N(c1ccc(OC)cc1)c1ccc(-c3sc(/C=C(\C#N)C(=O)O)cc3CCCCCC)cc1C2(C)C. The lowest BCUT2D eigenvalue weighted by molar-refractivity contribution is -0.144. The smallest absolute Gasteiger partial charge is 0.346 e. The van der Waals surface area contributed by atoms with Crippen LogP contribution in [0.4, 0.5) is 11.4 Å². The number of aryl methyl sites for hydroxylation is 2. The predicted octanol–water partition coefficient (Wildman–Crippen LogP) is 12.9. The molecule has 0 saturated carbocycles. The van der Waals surface area contributed by atoms with Crippen molar-refractivity contribution in [3.63, 3.8) is 0 Å². The van der Waals surface area contributed by atoms with Crippen LogP contribution in [-0.4, -0.2) is 35.3 Å². The second-order valence-corrected chi connectivity index (χ2v) is 19.3. The first kappa shape index (κ1) is 45.1. The van der Waals surface area contributed by atoms with Crippen LogP contribution in [0.5, 0.6) is 5.75 Å². The van der Waals surface area contributed by atoms with E-state index in [0.717, 1.165) is 118 Å². The van der Waals surface area contributed by atoms with Crippen LogP contribution < -0.4 is 9.64 Å². The van der Waals surface area contributed by atoms with Gasteiger partial charge in [0.15, 0.2) is 5.41 Å². The summed E-state index contributed by atoms with van der Waals surface area (Å²) in [4.78, 5) is 30.3. The molecule has 10 heteroatoms. The number of ether oxygens (including phenoxy) is 1. The maximum absolute atomic E-state index is 12.2. The van der Waals surface area contributed by atoms with E-state index in [1.54, 1.807) is 18.4 Å². The molecule has 8 nitrogen and oxygen atoms in total. The Morgan fingerprint density at radius 1 is 0.902 bits per heavy atom. The predicted molar refractivity (Wildman–Crippen MR) is 249 cm³/mol. The number of hydrogen-bond donors (Lipinski definition) is 2. The van der Waals surface area contributed by atoms with Crippen molar-refractivity contribution < 1.29 is 24.5 Å². The van der Waals surface area contributed by atoms with Crippen LogP contribution in [0.15, 0.2) is 78.4 Å². The molecule has 0 amide bonds. The molecule has 3 heterocycles. The van der Waals surface area contributed by atoms with E-state index in [1.807, 2.05) is 18.2 Å². The van der Waals surface area contributed by atoms with Crippen molar-refractivity contribution >= 4 is 57.6 Å². The van der Waals surface area contributed by atoms with Crippen molar-refractivity contribution in [3.8, 4) is 28.3 Å². The van der Waals surface area contributed by atoms with Gasteiger partial charge in [-0.05, 0) is 115 Å². The number of carbonyl (C=O) groups is 2. The minimum atomic E-state index is -1.52. The minimum absolute atomic E-state index is 0.0140. The number of carboxylic acid groups (broad SMARTS) is 2. The van der Waals surface area contributed by atoms with E-state index in [-0.39, 0.29) is 29.4 Å². The summed E-state index contributed by atoms with van der Waals surface area (Å²) in [7, 11) is 1.67. The Balaban J connectivity index is 1.49. The number of hydrogen-bond acceptors (Lipinski definition) is 8. The molecule has 61 heavy (non-hydrogen) atoms. The summed E-state index contributed by atoms with van der Waals surface area (Å²) in [5.74, 6) is -1.53. The fraction of sp³-hybridized carbons (Fsp3) is 0.412. The molecule has 1 aliphatic carbocycles. The van der Waals surface area contributed by atoms with Gasteiger partial charge >= 0.3 is 11.9 Å². The summed E-state index contributed by atoms with van der Waals surface area (Å²) in [6.07, 6.45) is 19.2. The fourth-order valence-electron chi connectivity index (χ4n) is 8.73. The number of anilines is 2.